The Kier molecular flexibility index (Phi) is 3.34. The van der Waals surface area contributed by atoms with Gasteiger partial charge in [0.2, 0.25) is 0 Å². The van der Waals surface area contributed by atoms with E-state index in [1.807, 2.05) is 0 Å². The van der Waals surface area contributed by atoms with Gasteiger partial charge in [-0.25, -0.2) is 0 Å². The summed E-state index contributed by atoms with van der Waals surface area (Å²) in [5.41, 5.74) is 5.57. The third-order valence-corrected chi connectivity index (χ3v) is 2.61. The van der Waals surface area contributed by atoms with Crippen molar-refractivity contribution in [2.24, 2.45) is 5.73 Å². The maximum atomic E-state index is 12.8. The summed E-state index contributed by atoms with van der Waals surface area (Å²) < 4.78 is 38.5. The molecule has 1 atom stereocenters. The number of nitrogens with two attached hydrogens (primary N) is 1. The SMILES string of the molecule is NC(c1ccccn1)c1ccccc1C(F)(F)F. The number of alkyl halides is 3. The van der Waals surface area contributed by atoms with Crippen molar-refractivity contribution in [3.8, 4) is 0 Å². The van der Waals surface area contributed by atoms with Gasteiger partial charge in [0.1, 0.15) is 0 Å². The number of aromatic nitrogens is 1. The second-order valence-corrected chi connectivity index (χ2v) is 3.82. The van der Waals surface area contributed by atoms with Gasteiger partial charge in [0.15, 0.2) is 0 Å². The molecule has 1 unspecified atom stereocenters. The minimum atomic E-state index is -4.41. The lowest BCUT2D eigenvalue weighted by atomic mass is 9.98. The highest BCUT2D eigenvalue weighted by Gasteiger charge is 2.34. The van der Waals surface area contributed by atoms with Crippen LogP contribution in [0.25, 0.3) is 0 Å². The van der Waals surface area contributed by atoms with E-state index in [1.165, 1.54) is 24.4 Å². The molecule has 2 rings (SSSR count). The van der Waals surface area contributed by atoms with Gasteiger partial charge in [-0.2, -0.15) is 13.2 Å². The normalized spacial score (nSPS) is 13.3. The van der Waals surface area contributed by atoms with E-state index in [2.05, 4.69) is 4.98 Å². The van der Waals surface area contributed by atoms with Crippen LogP contribution in [0.4, 0.5) is 13.2 Å². The van der Waals surface area contributed by atoms with E-state index < -0.39 is 17.8 Å². The van der Waals surface area contributed by atoms with E-state index in [-0.39, 0.29) is 5.56 Å². The Labute approximate surface area is 102 Å². The Morgan fingerprint density at radius 2 is 1.67 bits per heavy atom. The van der Waals surface area contributed by atoms with Gasteiger partial charge in [-0.3, -0.25) is 4.98 Å². The molecule has 0 spiro atoms. The van der Waals surface area contributed by atoms with E-state index in [4.69, 9.17) is 5.73 Å². The van der Waals surface area contributed by atoms with Gasteiger partial charge in [-0.05, 0) is 23.8 Å². The van der Waals surface area contributed by atoms with Crippen molar-refractivity contribution in [3.05, 3.63) is 65.5 Å². The minimum Gasteiger partial charge on any atom is -0.319 e. The number of rotatable bonds is 2. The van der Waals surface area contributed by atoms with Crippen molar-refractivity contribution in [1.82, 2.24) is 4.98 Å². The first kappa shape index (κ1) is 12.6. The smallest absolute Gasteiger partial charge is 0.319 e. The van der Waals surface area contributed by atoms with Crippen molar-refractivity contribution in [1.29, 1.82) is 0 Å². The van der Waals surface area contributed by atoms with E-state index >= 15 is 0 Å². The van der Waals surface area contributed by atoms with E-state index in [0.717, 1.165) is 6.07 Å². The predicted molar refractivity (Wildman–Crippen MR) is 61.7 cm³/mol. The Morgan fingerprint density at radius 1 is 1.00 bits per heavy atom. The average Bonchev–Trinajstić information content (AvgIpc) is 2.38. The Morgan fingerprint density at radius 3 is 2.28 bits per heavy atom. The van der Waals surface area contributed by atoms with Crippen molar-refractivity contribution < 1.29 is 13.2 Å². The molecule has 0 bridgehead atoms. The summed E-state index contributed by atoms with van der Waals surface area (Å²) in [4.78, 5) is 3.99. The van der Waals surface area contributed by atoms with Gasteiger partial charge in [-0.1, -0.05) is 24.3 Å². The maximum absolute atomic E-state index is 12.8. The summed E-state index contributed by atoms with van der Waals surface area (Å²) in [6.45, 7) is 0. The molecule has 0 saturated heterocycles. The van der Waals surface area contributed by atoms with E-state index in [1.54, 1.807) is 18.2 Å². The molecule has 0 saturated carbocycles. The zero-order valence-electron chi connectivity index (χ0n) is 9.35. The first-order valence-electron chi connectivity index (χ1n) is 5.33. The van der Waals surface area contributed by atoms with Crippen LogP contribution in [0.1, 0.15) is 22.9 Å². The van der Waals surface area contributed by atoms with Crippen LogP contribution in [0, 0.1) is 0 Å². The van der Waals surface area contributed by atoms with Crippen molar-refractivity contribution in [2.45, 2.75) is 12.2 Å². The fourth-order valence-corrected chi connectivity index (χ4v) is 1.75. The highest BCUT2D eigenvalue weighted by Crippen LogP contribution is 2.35. The van der Waals surface area contributed by atoms with Crippen LogP contribution < -0.4 is 5.73 Å². The van der Waals surface area contributed by atoms with Crippen molar-refractivity contribution in [3.63, 3.8) is 0 Å². The van der Waals surface area contributed by atoms with Gasteiger partial charge in [0.05, 0.1) is 17.3 Å². The first-order chi connectivity index (χ1) is 8.50. The monoisotopic (exact) mass is 252 g/mol. The summed E-state index contributed by atoms with van der Waals surface area (Å²) in [5.74, 6) is 0. The minimum absolute atomic E-state index is 0.0312. The molecule has 0 aliphatic carbocycles. The molecule has 0 aliphatic rings. The van der Waals surface area contributed by atoms with Crippen LogP contribution in [0.3, 0.4) is 0 Å². The molecule has 2 N–H and O–H groups in total. The fraction of sp³-hybridized carbons (Fsp3) is 0.154. The van der Waals surface area contributed by atoms with Gasteiger partial charge >= 0.3 is 6.18 Å². The molecule has 0 radical (unpaired) electrons. The van der Waals surface area contributed by atoms with Crippen LogP contribution >= 0.6 is 0 Å². The quantitative estimate of drug-likeness (QED) is 0.891. The summed E-state index contributed by atoms with van der Waals surface area (Å²) in [6, 6.07) is 9.39. The Hall–Kier alpha value is -1.88. The molecule has 0 amide bonds. The maximum Gasteiger partial charge on any atom is 0.416 e. The highest BCUT2D eigenvalue weighted by atomic mass is 19.4. The number of hydrogen-bond acceptors (Lipinski definition) is 2. The molecule has 0 aliphatic heterocycles. The molecule has 2 nitrogen and oxygen atoms in total. The molecular weight excluding hydrogens is 241 g/mol. The van der Waals surface area contributed by atoms with Gasteiger partial charge in [-0.15, -0.1) is 0 Å². The van der Waals surface area contributed by atoms with Gasteiger partial charge in [0, 0.05) is 6.20 Å². The molecule has 1 aromatic heterocycles. The zero-order valence-corrected chi connectivity index (χ0v) is 9.35. The lowest BCUT2D eigenvalue weighted by molar-refractivity contribution is -0.138. The second-order valence-electron chi connectivity index (χ2n) is 3.82. The third kappa shape index (κ3) is 2.51. The predicted octanol–water partition coefficient (Wildman–Crippen LogP) is 3.15. The first-order valence-corrected chi connectivity index (χ1v) is 5.33. The zero-order chi connectivity index (χ0) is 13.2. The lowest BCUT2D eigenvalue weighted by Crippen LogP contribution is -2.19. The number of halogens is 3. The van der Waals surface area contributed by atoms with Crippen LogP contribution in [0.2, 0.25) is 0 Å². The Bertz CT molecular complexity index is 523. The molecule has 18 heavy (non-hydrogen) atoms. The fourth-order valence-electron chi connectivity index (χ4n) is 1.75. The third-order valence-electron chi connectivity index (χ3n) is 2.61. The van der Waals surface area contributed by atoms with Gasteiger partial charge in [0.25, 0.3) is 0 Å². The molecular formula is C13H11F3N2. The average molecular weight is 252 g/mol. The number of nitrogens with zero attached hydrogens (tertiary/aromatic N) is 1. The van der Waals surface area contributed by atoms with Gasteiger partial charge < -0.3 is 5.73 Å². The summed E-state index contributed by atoms with van der Waals surface area (Å²) >= 11 is 0. The van der Waals surface area contributed by atoms with Crippen LogP contribution in [0.5, 0.6) is 0 Å². The Balaban J connectivity index is 2.46. The summed E-state index contributed by atoms with van der Waals surface area (Å²) in [5, 5.41) is 0. The van der Waals surface area contributed by atoms with Crippen LogP contribution in [0.15, 0.2) is 48.7 Å². The van der Waals surface area contributed by atoms with Crippen LogP contribution in [-0.4, -0.2) is 4.98 Å². The van der Waals surface area contributed by atoms with E-state index in [9.17, 15) is 13.2 Å². The lowest BCUT2D eigenvalue weighted by Gasteiger charge is -2.17. The molecule has 1 heterocycles. The number of benzene rings is 1. The molecule has 1 aromatic carbocycles. The highest BCUT2D eigenvalue weighted by molar-refractivity contribution is 5.36. The number of pyridine rings is 1. The second kappa shape index (κ2) is 4.78. The summed E-state index contributed by atoms with van der Waals surface area (Å²) in [7, 11) is 0. The molecule has 2 aromatic rings. The van der Waals surface area contributed by atoms with E-state index in [0.29, 0.717) is 5.69 Å². The van der Waals surface area contributed by atoms with Crippen molar-refractivity contribution in [2.75, 3.05) is 0 Å². The topological polar surface area (TPSA) is 38.9 Å². The summed E-state index contributed by atoms with van der Waals surface area (Å²) in [6.07, 6.45) is -2.91. The molecule has 0 fully saturated rings. The largest absolute Gasteiger partial charge is 0.416 e. The standard InChI is InChI=1S/C13H11F3N2/c14-13(15,16)10-6-2-1-5-9(10)12(17)11-7-3-4-8-18-11/h1-8,12H,17H2. The number of hydrogen-bond donors (Lipinski definition) is 1. The van der Waals surface area contributed by atoms with Crippen molar-refractivity contribution >= 4 is 0 Å². The molecule has 5 heteroatoms. The molecule has 94 valence electrons. The van der Waals surface area contributed by atoms with Crippen LogP contribution in [-0.2, 0) is 6.18 Å².